The summed E-state index contributed by atoms with van der Waals surface area (Å²) in [4.78, 5) is 20.5. The number of nitrogens with two attached hydrogens (primary N) is 1. The maximum atomic E-state index is 11.6. The molecule has 3 N–H and O–H groups in total. The van der Waals surface area contributed by atoms with E-state index < -0.39 is 5.60 Å². The molecular weight excluding hydrogens is 505 g/mol. The van der Waals surface area contributed by atoms with E-state index in [0.717, 1.165) is 44.0 Å². The molecular formula is C20H33ClIN5O2. The summed E-state index contributed by atoms with van der Waals surface area (Å²) in [5.74, 6) is 0.593. The highest BCUT2D eigenvalue weighted by Gasteiger charge is 2.18. The van der Waals surface area contributed by atoms with Crippen molar-refractivity contribution in [2.45, 2.75) is 39.2 Å². The van der Waals surface area contributed by atoms with Crippen LogP contribution in [0.1, 0.15) is 33.6 Å². The largest absolute Gasteiger partial charge is 0.444 e. The summed E-state index contributed by atoms with van der Waals surface area (Å²) >= 11 is 5.95. The van der Waals surface area contributed by atoms with Crippen LogP contribution in [0, 0.1) is 0 Å². The minimum Gasteiger partial charge on any atom is -0.444 e. The predicted octanol–water partition coefficient (Wildman–Crippen LogP) is 3.70. The van der Waals surface area contributed by atoms with E-state index in [1.807, 2.05) is 45.0 Å². The van der Waals surface area contributed by atoms with Gasteiger partial charge < -0.3 is 25.6 Å². The van der Waals surface area contributed by atoms with E-state index in [-0.39, 0.29) is 30.1 Å². The van der Waals surface area contributed by atoms with Crippen molar-refractivity contribution in [3.8, 4) is 0 Å². The van der Waals surface area contributed by atoms with Crippen LogP contribution in [0.4, 0.5) is 10.5 Å². The molecule has 0 atom stereocenters. The van der Waals surface area contributed by atoms with Crippen LogP contribution < -0.4 is 16.0 Å². The highest BCUT2D eigenvalue weighted by Crippen LogP contribution is 2.19. The number of aliphatic imine (C=N–C) groups is 1. The molecule has 0 bridgehead atoms. The van der Waals surface area contributed by atoms with Gasteiger partial charge in [-0.15, -0.1) is 24.0 Å². The zero-order chi connectivity index (χ0) is 20.6. The second kappa shape index (κ2) is 12.3. The summed E-state index contributed by atoms with van der Waals surface area (Å²) in [6, 6.07) is 7.91. The molecule has 29 heavy (non-hydrogen) atoms. The van der Waals surface area contributed by atoms with Crippen molar-refractivity contribution in [3.63, 3.8) is 0 Å². The molecule has 1 aliphatic heterocycles. The number of unbranched alkanes of at least 4 members (excludes halogenated alkanes) is 1. The summed E-state index contributed by atoms with van der Waals surface area (Å²) in [5, 5.41) is 3.50. The molecule has 9 heteroatoms. The van der Waals surface area contributed by atoms with Gasteiger partial charge in [0, 0.05) is 50.0 Å². The third-order valence-corrected chi connectivity index (χ3v) is 4.57. The third kappa shape index (κ3) is 9.75. The molecule has 0 unspecified atom stereocenters. The number of halogens is 2. The molecule has 2 rings (SSSR count). The molecule has 1 saturated heterocycles. The van der Waals surface area contributed by atoms with Gasteiger partial charge >= 0.3 is 6.09 Å². The number of alkyl carbamates (subject to hydrolysis) is 1. The lowest BCUT2D eigenvalue weighted by Gasteiger charge is -2.36. The molecule has 0 spiro atoms. The van der Waals surface area contributed by atoms with Crippen LogP contribution in [0.25, 0.3) is 0 Å². The first-order chi connectivity index (χ1) is 13.2. The van der Waals surface area contributed by atoms with Crippen molar-refractivity contribution < 1.29 is 9.53 Å². The van der Waals surface area contributed by atoms with E-state index in [0.29, 0.717) is 19.0 Å². The van der Waals surface area contributed by atoms with Gasteiger partial charge in [0.25, 0.3) is 0 Å². The molecule has 1 heterocycles. The van der Waals surface area contributed by atoms with Crippen molar-refractivity contribution >= 4 is 53.3 Å². The second-order valence-corrected chi connectivity index (χ2v) is 8.26. The van der Waals surface area contributed by atoms with Gasteiger partial charge in [0.15, 0.2) is 5.96 Å². The number of guanidine groups is 1. The first kappa shape index (κ1) is 25.6. The highest BCUT2D eigenvalue weighted by atomic mass is 127. The molecule has 0 aromatic heterocycles. The van der Waals surface area contributed by atoms with Crippen LogP contribution in [-0.4, -0.2) is 61.8 Å². The van der Waals surface area contributed by atoms with Gasteiger partial charge in [-0.3, -0.25) is 4.99 Å². The Morgan fingerprint density at radius 2 is 1.79 bits per heavy atom. The fourth-order valence-electron chi connectivity index (χ4n) is 2.88. The Bertz CT molecular complexity index is 656. The van der Waals surface area contributed by atoms with Gasteiger partial charge in [-0.05, 0) is 57.9 Å². The number of rotatable bonds is 6. The van der Waals surface area contributed by atoms with Gasteiger partial charge in [-0.1, -0.05) is 11.6 Å². The van der Waals surface area contributed by atoms with Gasteiger partial charge in [0.1, 0.15) is 5.60 Å². The Balaban J connectivity index is 0.00000420. The van der Waals surface area contributed by atoms with Crippen LogP contribution in [0.5, 0.6) is 0 Å². The van der Waals surface area contributed by atoms with E-state index in [2.05, 4.69) is 20.1 Å². The number of anilines is 1. The van der Waals surface area contributed by atoms with E-state index in [1.54, 1.807) is 0 Å². The molecule has 1 aromatic rings. The van der Waals surface area contributed by atoms with E-state index in [4.69, 9.17) is 22.1 Å². The summed E-state index contributed by atoms with van der Waals surface area (Å²) in [5.41, 5.74) is 6.84. The van der Waals surface area contributed by atoms with Crippen molar-refractivity contribution in [1.29, 1.82) is 0 Å². The minimum atomic E-state index is -0.472. The zero-order valence-corrected chi connectivity index (χ0v) is 20.6. The molecule has 0 saturated carbocycles. The Morgan fingerprint density at radius 1 is 1.17 bits per heavy atom. The number of carbonyl (C=O) groups is 1. The fourth-order valence-corrected chi connectivity index (χ4v) is 3.01. The fraction of sp³-hybridized carbons (Fsp3) is 0.600. The Morgan fingerprint density at radius 3 is 2.38 bits per heavy atom. The van der Waals surface area contributed by atoms with E-state index in [9.17, 15) is 4.79 Å². The van der Waals surface area contributed by atoms with Crippen molar-refractivity contribution in [3.05, 3.63) is 29.3 Å². The number of hydrogen-bond acceptors (Lipinski definition) is 4. The third-order valence-electron chi connectivity index (χ3n) is 4.32. The molecule has 1 amide bonds. The maximum Gasteiger partial charge on any atom is 0.407 e. The molecule has 0 aliphatic carbocycles. The zero-order valence-electron chi connectivity index (χ0n) is 17.5. The molecule has 1 fully saturated rings. The average Bonchev–Trinajstić information content (AvgIpc) is 2.63. The number of ether oxygens (including phenoxy) is 1. The van der Waals surface area contributed by atoms with Gasteiger partial charge in [0.05, 0.1) is 0 Å². The first-order valence-electron chi connectivity index (χ1n) is 9.77. The normalized spacial score (nSPS) is 15.0. The summed E-state index contributed by atoms with van der Waals surface area (Å²) in [7, 11) is 0. The number of nitrogens with zero attached hydrogens (tertiary/aromatic N) is 3. The average molecular weight is 538 g/mol. The summed E-state index contributed by atoms with van der Waals surface area (Å²) < 4.78 is 5.19. The van der Waals surface area contributed by atoms with E-state index >= 15 is 0 Å². The van der Waals surface area contributed by atoms with Crippen LogP contribution in [0.15, 0.2) is 29.3 Å². The van der Waals surface area contributed by atoms with Crippen LogP contribution in [-0.2, 0) is 4.74 Å². The number of benzene rings is 1. The van der Waals surface area contributed by atoms with E-state index in [1.165, 1.54) is 5.69 Å². The minimum absolute atomic E-state index is 0. The number of amides is 1. The molecule has 1 aliphatic rings. The van der Waals surface area contributed by atoms with Gasteiger partial charge in [-0.25, -0.2) is 4.79 Å². The molecule has 0 radical (unpaired) electrons. The Kier molecular flexibility index (Phi) is 10.9. The van der Waals surface area contributed by atoms with Crippen molar-refractivity contribution in [1.82, 2.24) is 10.2 Å². The maximum absolute atomic E-state index is 11.6. The molecule has 164 valence electrons. The quantitative estimate of drug-likeness (QED) is 0.250. The number of piperazine rings is 1. The van der Waals surface area contributed by atoms with Crippen molar-refractivity contribution in [2.75, 3.05) is 44.2 Å². The van der Waals surface area contributed by atoms with Gasteiger partial charge in [-0.2, -0.15) is 0 Å². The Labute approximate surface area is 196 Å². The summed E-state index contributed by atoms with van der Waals surface area (Å²) in [6.45, 7) is 10.3. The smallest absolute Gasteiger partial charge is 0.407 e. The standard InChI is InChI=1S/C20H32ClN5O2.HI/c1-20(2,3)28-19(27)24-11-5-4-10-23-18(22)26-14-12-25(13-15-26)17-8-6-16(21)7-9-17;/h6-9H,4-5,10-15H2,1-3H3,(H2,22,23)(H,24,27);1H. The topological polar surface area (TPSA) is 83.2 Å². The van der Waals surface area contributed by atoms with Crippen molar-refractivity contribution in [2.24, 2.45) is 10.7 Å². The van der Waals surface area contributed by atoms with Crippen LogP contribution >= 0.6 is 35.6 Å². The van der Waals surface area contributed by atoms with Crippen LogP contribution in [0.3, 0.4) is 0 Å². The molecule has 7 nitrogen and oxygen atoms in total. The van der Waals surface area contributed by atoms with Gasteiger partial charge in [0.2, 0.25) is 0 Å². The highest BCUT2D eigenvalue weighted by molar-refractivity contribution is 14.0. The SMILES string of the molecule is CC(C)(C)OC(=O)NCCCCN=C(N)N1CCN(c2ccc(Cl)cc2)CC1.I. The number of hydrogen-bond donors (Lipinski definition) is 2. The van der Waals surface area contributed by atoms with Crippen LogP contribution in [0.2, 0.25) is 5.02 Å². The lowest BCUT2D eigenvalue weighted by atomic mass is 10.2. The summed E-state index contributed by atoms with van der Waals surface area (Å²) in [6.07, 6.45) is 1.32. The lowest BCUT2D eigenvalue weighted by molar-refractivity contribution is 0.0527. The lowest BCUT2D eigenvalue weighted by Crippen LogP contribution is -2.51. The predicted molar refractivity (Wildman–Crippen MR) is 131 cm³/mol. The first-order valence-corrected chi connectivity index (χ1v) is 10.1. The Hall–Kier alpha value is -1.42. The number of nitrogens with one attached hydrogen (secondary N) is 1. The molecule has 1 aromatic carbocycles. The second-order valence-electron chi connectivity index (χ2n) is 7.83. The number of carbonyl (C=O) groups excluding carboxylic acids is 1. The monoisotopic (exact) mass is 537 g/mol.